The first-order valence-corrected chi connectivity index (χ1v) is 9.82. The van der Waals surface area contributed by atoms with Gasteiger partial charge in [-0.3, -0.25) is 0 Å². The number of halogens is 2. The van der Waals surface area contributed by atoms with Gasteiger partial charge >= 0.3 is 5.97 Å². The van der Waals surface area contributed by atoms with Gasteiger partial charge in [-0.25, -0.2) is 13.6 Å². The van der Waals surface area contributed by atoms with Crippen molar-refractivity contribution >= 4 is 5.97 Å². The van der Waals surface area contributed by atoms with Gasteiger partial charge in [0.1, 0.15) is 11.6 Å². The Morgan fingerprint density at radius 1 is 1.07 bits per heavy atom. The zero-order chi connectivity index (χ0) is 19.4. The molecule has 0 radical (unpaired) electrons. The second-order valence-corrected chi connectivity index (χ2v) is 7.59. The van der Waals surface area contributed by atoms with Crippen molar-refractivity contribution in [1.29, 1.82) is 0 Å². The molecule has 0 unspecified atom stereocenters. The molecule has 4 heteroatoms. The summed E-state index contributed by atoms with van der Waals surface area (Å²) in [6.07, 6.45) is 7.84. The van der Waals surface area contributed by atoms with Crippen LogP contribution < -0.4 is 0 Å². The Morgan fingerprint density at radius 2 is 1.81 bits per heavy atom. The first-order chi connectivity index (χ1) is 13.0. The van der Waals surface area contributed by atoms with E-state index in [1.807, 2.05) is 0 Å². The molecule has 0 bridgehead atoms. The molecule has 1 saturated carbocycles. The average Bonchev–Trinajstić information content (AvgIpc) is 2.66. The third-order valence-electron chi connectivity index (χ3n) is 5.78. The number of carboxylic acid groups (broad SMARTS) is 1. The fourth-order valence-corrected chi connectivity index (χ4v) is 4.24. The van der Waals surface area contributed by atoms with Crippen molar-refractivity contribution < 1.29 is 18.7 Å². The summed E-state index contributed by atoms with van der Waals surface area (Å²) in [4.78, 5) is 11.7. The van der Waals surface area contributed by atoms with Crippen molar-refractivity contribution in [2.45, 2.75) is 57.8 Å². The number of unbranched alkanes of at least 4 members (excludes halogenated alkanes) is 1. The van der Waals surface area contributed by atoms with E-state index in [9.17, 15) is 18.7 Å². The predicted octanol–water partition coefficient (Wildman–Crippen LogP) is 6.79. The summed E-state index contributed by atoms with van der Waals surface area (Å²) < 4.78 is 27.4. The summed E-state index contributed by atoms with van der Waals surface area (Å²) in [7, 11) is 0. The minimum Gasteiger partial charge on any atom is -0.478 e. The van der Waals surface area contributed by atoms with Crippen LogP contribution in [0, 0.1) is 17.6 Å². The van der Waals surface area contributed by atoms with Gasteiger partial charge < -0.3 is 5.11 Å². The van der Waals surface area contributed by atoms with Crippen LogP contribution in [0.1, 0.15) is 73.7 Å². The van der Waals surface area contributed by atoms with E-state index in [4.69, 9.17) is 0 Å². The van der Waals surface area contributed by atoms with Gasteiger partial charge in [0.2, 0.25) is 0 Å². The second kappa shape index (κ2) is 8.64. The van der Waals surface area contributed by atoms with Crippen LogP contribution in [0.3, 0.4) is 0 Å². The Kier molecular flexibility index (Phi) is 6.25. The maximum absolute atomic E-state index is 14.2. The van der Waals surface area contributed by atoms with Gasteiger partial charge in [-0.2, -0.15) is 0 Å². The number of hydrogen-bond donors (Lipinski definition) is 1. The fourth-order valence-electron chi connectivity index (χ4n) is 4.24. The molecular formula is C23H26F2O2. The molecule has 0 amide bonds. The van der Waals surface area contributed by atoms with E-state index in [-0.39, 0.29) is 5.92 Å². The van der Waals surface area contributed by atoms with Crippen LogP contribution in [0.25, 0.3) is 11.1 Å². The summed E-state index contributed by atoms with van der Waals surface area (Å²) in [6.45, 7) is 2.20. The lowest BCUT2D eigenvalue weighted by molar-refractivity contribution is 0.0694. The molecule has 0 heterocycles. The van der Waals surface area contributed by atoms with Crippen molar-refractivity contribution in [3.8, 4) is 11.1 Å². The van der Waals surface area contributed by atoms with E-state index in [1.165, 1.54) is 31.4 Å². The Morgan fingerprint density at radius 3 is 2.44 bits per heavy atom. The highest BCUT2D eigenvalue weighted by Gasteiger charge is 2.26. The van der Waals surface area contributed by atoms with E-state index in [1.54, 1.807) is 18.2 Å². The number of rotatable bonds is 6. The molecule has 1 aliphatic carbocycles. The topological polar surface area (TPSA) is 37.3 Å². The Hall–Kier alpha value is -2.23. The molecule has 2 aromatic rings. The van der Waals surface area contributed by atoms with Gasteiger partial charge in [0.25, 0.3) is 0 Å². The normalized spacial score (nSPS) is 19.8. The first kappa shape index (κ1) is 19.5. The summed E-state index contributed by atoms with van der Waals surface area (Å²) >= 11 is 0. The minimum absolute atomic E-state index is 0.178. The predicted molar refractivity (Wildman–Crippen MR) is 103 cm³/mol. The fraction of sp³-hybridized carbons (Fsp3) is 0.435. The van der Waals surface area contributed by atoms with E-state index in [0.29, 0.717) is 16.7 Å². The molecule has 0 saturated heterocycles. The van der Waals surface area contributed by atoms with Gasteiger partial charge in [0, 0.05) is 11.6 Å². The number of carbonyl (C=O) groups is 1. The van der Waals surface area contributed by atoms with Crippen molar-refractivity contribution in [3.05, 3.63) is 59.2 Å². The number of hydrogen-bond acceptors (Lipinski definition) is 1. The zero-order valence-corrected chi connectivity index (χ0v) is 15.7. The van der Waals surface area contributed by atoms with E-state index in [0.717, 1.165) is 43.2 Å². The van der Waals surface area contributed by atoms with E-state index in [2.05, 4.69) is 6.92 Å². The Balaban J connectivity index is 1.88. The van der Waals surface area contributed by atoms with Gasteiger partial charge in [-0.05, 0) is 72.9 Å². The lowest BCUT2D eigenvalue weighted by Gasteiger charge is -2.30. The van der Waals surface area contributed by atoms with E-state index < -0.39 is 17.6 Å². The zero-order valence-electron chi connectivity index (χ0n) is 15.7. The van der Waals surface area contributed by atoms with Crippen LogP contribution in [-0.2, 0) is 0 Å². The summed E-state index contributed by atoms with van der Waals surface area (Å²) in [5.74, 6) is -1.30. The number of aromatic carboxylic acids is 1. The lowest BCUT2D eigenvalue weighted by Crippen LogP contribution is -2.16. The molecule has 2 aromatic carbocycles. The quantitative estimate of drug-likeness (QED) is 0.606. The molecule has 1 aliphatic rings. The Bertz CT molecular complexity index is 808. The molecule has 1 fully saturated rings. The van der Waals surface area contributed by atoms with Gasteiger partial charge in [0.15, 0.2) is 0 Å². The van der Waals surface area contributed by atoms with E-state index >= 15 is 0 Å². The molecule has 3 rings (SSSR count). The summed E-state index contributed by atoms with van der Waals surface area (Å²) in [6, 6.07) is 8.44. The molecule has 1 N–H and O–H groups in total. The maximum Gasteiger partial charge on any atom is 0.335 e. The summed E-state index contributed by atoms with van der Waals surface area (Å²) in [5, 5.41) is 9.59. The number of carboxylic acids is 1. The highest BCUT2D eigenvalue weighted by Crippen LogP contribution is 2.40. The average molecular weight is 372 g/mol. The smallest absolute Gasteiger partial charge is 0.335 e. The molecule has 0 atom stereocenters. The highest BCUT2D eigenvalue weighted by molar-refractivity contribution is 5.90. The highest BCUT2D eigenvalue weighted by atomic mass is 19.1. The monoisotopic (exact) mass is 372 g/mol. The molecule has 0 aromatic heterocycles. The van der Waals surface area contributed by atoms with Gasteiger partial charge in [-0.15, -0.1) is 0 Å². The molecule has 2 nitrogen and oxygen atoms in total. The molecular weight excluding hydrogens is 346 g/mol. The van der Waals surface area contributed by atoms with Crippen LogP contribution in [0.4, 0.5) is 8.78 Å². The lowest BCUT2D eigenvalue weighted by atomic mass is 9.75. The third kappa shape index (κ3) is 4.55. The van der Waals surface area contributed by atoms with Crippen LogP contribution >= 0.6 is 0 Å². The molecule has 27 heavy (non-hydrogen) atoms. The van der Waals surface area contributed by atoms with Crippen LogP contribution in [0.15, 0.2) is 36.4 Å². The van der Waals surface area contributed by atoms with Crippen molar-refractivity contribution in [2.75, 3.05) is 0 Å². The van der Waals surface area contributed by atoms with Crippen LogP contribution in [0.2, 0.25) is 0 Å². The number of benzene rings is 2. The van der Waals surface area contributed by atoms with Gasteiger partial charge in [-0.1, -0.05) is 32.3 Å². The first-order valence-electron chi connectivity index (χ1n) is 9.82. The van der Waals surface area contributed by atoms with Crippen LogP contribution in [-0.4, -0.2) is 11.1 Å². The molecule has 0 aliphatic heterocycles. The molecule has 144 valence electrons. The maximum atomic E-state index is 14.2. The second-order valence-electron chi connectivity index (χ2n) is 7.59. The third-order valence-corrected chi connectivity index (χ3v) is 5.78. The van der Waals surface area contributed by atoms with Crippen LogP contribution in [0.5, 0.6) is 0 Å². The SMILES string of the molecule is CCCCC1CCC(c2cc(-c3ccc(F)cc3F)ccc2C(=O)O)CC1. The molecule has 0 spiro atoms. The van der Waals surface area contributed by atoms with Gasteiger partial charge in [0.05, 0.1) is 5.56 Å². The van der Waals surface area contributed by atoms with Crippen molar-refractivity contribution in [3.63, 3.8) is 0 Å². The standard InChI is InChI=1S/C23H26F2O2/c1-2-3-4-15-5-7-16(8-6-15)21-13-17(9-11-20(21)23(26)27)19-12-10-18(24)14-22(19)25/h9-16H,2-8H2,1H3,(H,26,27). The van der Waals surface area contributed by atoms with Crippen molar-refractivity contribution in [1.82, 2.24) is 0 Å². The largest absolute Gasteiger partial charge is 0.478 e. The minimum atomic E-state index is -0.954. The van der Waals surface area contributed by atoms with Crippen molar-refractivity contribution in [2.24, 2.45) is 5.92 Å². The summed E-state index contributed by atoms with van der Waals surface area (Å²) in [5.41, 5.74) is 1.96. The Labute approximate surface area is 159 Å².